The maximum absolute atomic E-state index is 10.4. The van der Waals surface area contributed by atoms with E-state index >= 15 is 0 Å². The van der Waals surface area contributed by atoms with Crippen LogP contribution in [-0.4, -0.2) is 11.4 Å². The fraction of sp³-hybridized carbons (Fsp3) is 0.364. The zero-order valence-electron chi connectivity index (χ0n) is 7.95. The van der Waals surface area contributed by atoms with Crippen LogP contribution in [0.1, 0.15) is 42.1 Å². The van der Waals surface area contributed by atoms with Crippen LogP contribution in [0.5, 0.6) is 5.75 Å². The summed E-state index contributed by atoms with van der Waals surface area (Å²) in [7, 11) is 0. The highest BCUT2D eigenvalue weighted by Crippen LogP contribution is 2.27. The molecule has 2 heteroatoms. The van der Waals surface area contributed by atoms with Gasteiger partial charge in [0.25, 0.3) is 0 Å². The third-order valence-corrected chi connectivity index (χ3v) is 2.33. The molecule has 1 unspecified atom stereocenters. The summed E-state index contributed by atoms with van der Waals surface area (Å²) in [5.74, 6) is 0.555. The molecule has 0 heterocycles. The van der Waals surface area contributed by atoms with Gasteiger partial charge in [0.1, 0.15) is 12.0 Å². The fourth-order valence-electron chi connectivity index (χ4n) is 1.27. The Labute approximate surface area is 78.2 Å². The van der Waals surface area contributed by atoms with Gasteiger partial charge in [0.2, 0.25) is 0 Å². The number of carbonyl (C=O) groups excluding carboxylic acids is 1. The lowest BCUT2D eigenvalue weighted by Gasteiger charge is -2.10. The van der Waals surface area contributed by atoms with Gasteiger partial charge in [-0.2, -0.15) is 0 Å². The third kappa shape index (κ3) is 2.08. The van der Waals surface area contributed by atoms with Gasteiger partial charge in [-0.1, -0.05) is 26.0 Å². The van der Waals surface area contributed by atoms with E-state index < -0.39 is 0 Å². The van der Waals surface area contributed by atoms with Crippen molar-refractivity contribution in [2.45, 2.75) is 26.2 Å². The quantitative estimate of drug-likeness (QED) is 0.722. The summed E-state index contributed by atoms with van der Waals surface area (Å²) in [6, 6.07) is 5.05. The van der Waals surface area contributed by atoms with Crippen LogP contribution in [0.2, 0.25) is 0 Å². The van der Waals surface area contributed by atoms with Crippen LogP contribution in [-0.2, 0) is 0 Å². The highest BCUT2D eigenvalue weighted by atomic mass is 16.3. The summed E-state index contributed by atoms with van der Waals surface area (Å²) in [4.78, 5) is 10.4. The maximum Gasteiger partial charge on any atom is 0.150 e. The molecule has 0 spiro atoms. The van der Waals surface area contributed by atoms with Gasteiger partial charge < -0.3 is 5.11 Å². The summed E-state index contributed by atoms with van der Waals surface area (Å²) in [6.07, 6.45) is 1.72. The molecular formula is C11H14O2. The van der Waals surface area contributed by atoms with Crippen LogP contribution in [0, 0.1) is 0 Å². The van der Waals surface area contributed by atoms with Gasteiger partial charge >= 0.3 is 0 Å². The lowest BCUT2D eigenvalue weighted by Crippen LogP contribution is -1.92. The maximum atomic E-state index is 10.4. The molecule has 13 heavy (non-hydrogen) atoms. The van der Waals surface area contributed by atoms with Crippen molar-refractivity contribution in [3.8, 4) is 5.75 Å². The number of rotatable bonds is 3. The van der Waals surface area contributed by atoms with Gasteiger partial charge in [-0.25, -0.2) is 0 Å². The molecule has 1 rings (SSSR count). The number of hydrogen-bond donors (Lipinski definition) is 1. The highest BCUT2D eigenvalue weighted by Gasteiger charge is 2.08. The number of benzene rings is 1. The number of phenolic OH excluding ortho intramolecular Hbond substituents is 1. The van der Waals surface area contributed by atoms with Gasteiger partial charge in [-0.05, 0) is 24.0 Å². The van der Waals surface area contributed by atoms with E-state index in [0.717, 1.165) is 18.3 Å². The second-order valence-corrected chi connectivity index (χ2v) is 3.25. The molecule has 1 aromatic carbocycles. The van der Waals surface area contributed by atoms with Crippen molar-refractivity contribution < 1.29 is 9.90 Å². The first kappa shape index (κ1) is 9.78. The first-order chi connectivity index (χ1) is 6.19. The Bertz CT molecular complexity index is 305. The van der Waals surface area contributed by atoms with E-state index in [1.54, 1.807) is 6.07 Å². The Morgan fingerprint density at radius 2 is 2.23 bits per heavy atom. The standard InChI is InChI=1S/C11H14O2/c1-3-8(2)10-5-4-9(7-12)6-11(10)13/h4-8,13H,3H2,1-2H3. The fourth-order valence-corrected chi connectivity index (χ4v) is 1.27. The minimum absolute atomic E-state index is 0.221. The van der Waals surface area contributed by atoms with Crippen LogP contribution >= 0.6 is 0 Å². The van der Waals surface area contributed by atoms with Crippen LogP contribution < -0.4 is 0 Å². The first-order valence-electron chi connectivity index (χ1n) is 4.47. The van der Waals surface area contributed by atoms with Gasteiger partial charge in [0, 0.05) is 5.56 Å². The molecule has 0 radical (unpaired) electrons. The summed E-state index contributed by atoms with van der Waals surface area (Å²) in [5.41, 5.74) is 1.43. The molecule has 1 atom stereocenters. The first-order valence-corrected chi connectivity index (χ1v) is 4.47. The molecule has 70 valence electrons. The van der Waals surface area contributed by atoms with Gasteiger partial charge in [0.15, 0.2) is 0 Å². The lowest BCUT2D eigenvalue weighted by molar-refractivity contribution is 0.112. The van der Waals surface area contributed by atoms with Gasteiger partial charge in [-0.3, -0.25) is 4.79 Å². The molecule has 0 aromatic heterocycles. The molecule has 2 nitrogen and oxygen atoms in total. The zero-order chi connectivity index (χ0) is 9.84. The van der Waals surface area contributed by atoms with Crippen LogP contribution in [0.3, 0.4) is 0 Å². The van der Waals surface area contributed by atoms with Crippen LogP contribution in [0.4, 0.5) is 0 Å². The highest BCUT2D eigenvalue weighted by molar-refractivity contribution is 5.75. The van der Waals surface area contributed by atoms with E-state index in [1.165, 1.54) is 6.07 Å². The Morgan fingerprint density at radius 3 is 2.69 bits per heavy atom. The molecule has 0 aliphatic heterocycles. The SMILES string of the molecule is CCC(C)c1ccc(C=O)cc1O. The number of carbonyl (C=O) groups is 1. The third-order valence-electron chi connectivity index (χ3n) is 2.33. The van der Waals surface area contributed by atoms with E-state index in [1.807, 2.05) is 6.07 Å². The summed E-state index contributed by atoms with van der Waals surface area (Å²) >= 11 is 0. The normalized spacial score (nSPS) is 12.5. The molecule has 0 fully saturated rings. The summed E-state index contributed by atoms with van der Waals surface area (Å²) in [5, 5.41) is 9.57. The largest absolute Gasteiger partial charge is 0.508 e. The Hall–Kier alpha value is -1.31. The Morgan fingerprint density at radius 1 is 1.54 bits per heavy atom. The second kappa shape index (κ2) is 4.08. The summed E-state index contributed by atoms with van der Waals surface area (Å²) in [6.45, 7) is 4.12. The molecular weight excluding hydrogens is 164 g/mol. The van der Waals surface area contributed by atoms with Gasteiger partial charge in [-0.15, -0.1) is 0 Å². The van der Waals surface area contributed by atoms with E-state index in [9.17, 15) is 9.90 Å². The molecule has 0 amide bonds. The number of aromatic hydroxyl groups is 1. The molecule has 0 saturated heterocycles. The minimum Gasteiger partial charge on any atom is -0.508 e. The molecule has 0 aliphatic carbocycles. The van der Waals surface area contributed by atoms with E-state index in [0.29, 0.717) is 11.5 Å². The summed E-state index contributed by atoms with van der Waals surface area (Å²) < 4.78 is 0. The van der Waals surface area contributed by atoms with Crippen molar-refractivity contribution >= 4 is 6.29 Å². The van der Waals surface area contributed by atoms with Gasteiger partial charge in [0.05, 0.1) is 0 Å². The number of aldehydes is 1. The monoisotopic (exact) mass is 178 g/mol. The van der Waals surface area contributed by atoms with Crippen molar-refractivity contribution in [1.82, 2.24) is 0 Å². The number of phenols is 1. The molecule has 0 aliphatic rings. The smallest absolute Gasteiger partial charge is 0.150 e. The minimum atomic E-state index is 0.221. The molecule has 0 bridgehead atoms. The average molecular weight is 178 g/mol. The average Bonchev–Trinajstić information content (AvgIpc) is 2.16. The molecule has 1 N–H and O–H groups in total. The second-order valence-electron chi connectivity index (χ2n) is 3.25. The topological polar surface area (TPSA) is 37.3 Å². The van der Waals surface area contributed by atoms with Crippen molar-refractivity contribution in [1.29, 1.82) is 0 Å². The van der Waals surface area contributed by atoms with Crippen molar-refractivity contribution in [3.05, 3.63) is 29.3 Å². The predicted octanol–water partition coefficient (Wildman–Crippen LogP) is 2.72. The lowest BCUT2D eigenvalue weighted by atomic mass is 9.97. The predicted molar refractivity (Wildman–Crippen MR) is 52.2 cm³/mol. The van der Waals surface area contributed by atoms with Crippen LogP contribution in [0.15, 0.2) is 18.2 Å². The van der Waals surface area contributed by atoms with E-state index in [-0.39, 0.29) is 5.75 Å². The van der Waals surface area contributed by atoms with E-state index in [2.05, 4.69) is 13.8 Å². The van der Waals surface area contributed by atoms with Crippen molar-refractivity contribution in [3.63, 3.8) is 0 Å². The van der Waals surface area contributed by atoms with Crippen molar-refractivity contribution in [2.75, 3.05) is 0 Å². The van der Waals surface area contributed by atoms with E-state index in [4.69, 9.17) is 0 Å². The Balaban J connectivity index is 3.04. The molecule has 0 saturated carbocycles. The van der Waals surface area contributed by atoms with Crippen LogP contribution in [0.25, 0.3) is 0 Å². The van der Waals surface area contributed by atoms with Crippen molar-refractivity contribution in [2.24, 2.45) is 0 Å². The molecule has 1 aromatic rings. The zero-order valence-corrected chi connectivity index (χ0v) is 7.95. The number of hydrogen-bond acceptors (Lipinski definition) is 2. The Kier molecular flexibility index (Phi) is 3.07.